The first-order valence-corrected chi connectivity index (χ1v) is 9.15. The number of nitrogens with one attached hydrogen (secondary N) is 2. The second-order valence-electron chi connectivity index (χ2n) is 4.75. The van der Waals surface area contributed by atoms with E-state index in [0.29, 0.717) is 25.7 Å². The van der Waals surface area contributed by atoms with Crippen LogP contribution in [0.3, 0.4) is 0 Å². The highest BCUT2D eigenvalue weighted by molar-refractivity contribution is 6.60. The van der Waals surface area contributed by atoms with E-state index in [1.54, 1.807) is 27.5 Å². The molecular weight excluding hydrogens is 304 g/mol. The fourth-order valence-corrected chi connectivity index (χ4v) is 3.78. The average molecular weight is 330 g/mol. The largest absolute Gasteiger partial charge is 0.500 e. The van der Waals surface area contributed by atoms with Crippen molar-refractivity contribution in [3.63, 3.8) is 0 Å². The molecule has 1 rings (SSSR count). The van der Waals surface area contributed by atoms with Gasteiger partial charge in [-0.2, -0.15) is 0 Å². The highest BCUT2D eigenvalue weighted by atomic mass is 28.4. The molecule has 0 saturated carbocycles. The standard InChI is InChI=1S/C13H26N4O4Si/c1-12-14-7-9-17(12)10-8-16-13(18)15-6-5-11-22(19-2,20-3)21-4/h7,9H,5-6,8,10-11H2,1-4H3,(H2,15,16,18). The van der Waals surface area contributed by atoms with Gasteiger partial charge in [-0.1, -0.05) is 0 Å². The molecule has 1 heterocycles. The highest BCUT2D eigenvalue weighted by Gasteiger charge is 2.36. The Morgan fingerprint density at radius 2 is 1.86 bits per heavy atom. The van der Waals surface area contributed by atoms with Crippen LogP contribution in [0.5, 0.6) is 0 Å². The van der Waals surface area contributed by atoms with Gasteiger partial charge >= 0.3 is 14.8 Å². The molecule has 9 heteroatoms. The van der Waals surface area contributed by atoms with E-state index in [-0.39, 0.29) is 6.03 Å². The van der Waals surface area contributed by atoms with E-state index in [1.807, 2.05) is 17.7 Å². The minimum absolute atomic E-state index is 0.183. The predicted octanol–water partition coefficient (Wildman–Crippen LogP) is 0.759. The number of hydrogen-bond acceptors (Lipinski definition) is 5. The molecule has 126 valence electrons. The third kappa shape index (κ3) is 5.76. The number of carbonyl (C=O) groups is 1. The molecule has 0 spiro atoms. The van der Waals surface area contributed by atoms with E-state index in [0.717, 1.165) is 12.2 Å². The Morgan fingerprint density at radius 3 is 2.41 bits per heavy atom. The Balaban J connectivity index is 2.14. The van der Waals surface area contributed by atoms with Gasteiger partial charge in [-0.15, -0.1) is 0 Å². The zero-order valence-corrected chi connectivity index (χ0v) is 14.7. The summed E-state index contributed by atoms with van der Waals surface area (Å²) in [7, 11) is 2.20. The van der Waals surface area contributed by atoms with Gasteiger partial charge in [0.2, 0.25) is 0 Å². The quantitative estimate of drug-likeness (QED) is 0.488. The van der Waals surface area contributed by atoms with Crippen molar-refractivity contribution in [1.82, 2.24) is 20.2 Å². The SMILES string of the molecule is CO[Si](CCCNC(=O)NCCn1ccnc1C)(OC)OC. The van der Waals surface area contributed by atoms with Crippen LogP contribution in [-0.4, -0.2) is 58.8 Å². The number of nitrogens with zero attached hydrogens (tertiary/aromatic N) is 2. The second-order valence-corrected chi connectivity index (χ2v) is 7.84. The maximum Gasteiger partial charge on any atom is 0.500 e. The van der Waals surface area contributed by atoms with Crippen molar-refractivity contribution in [2.75, 3.05) is 34.4 Å². The molecule has 0 aliphatic rings. The summed E-state index contributed by atoms with van der Waals surface area (Å²) in [6.45, 7) is 3.72. The fraction of sp³-hybridized carbons (Fsp3) is 0.692. The monoisotopic (exact) mass is 330 g/mol. The summed E-state index contributed by atoms with van der Waals surface area (Å²) in [6.07, 6.45) is 4.36. The molecule has 1 aromatic rings. The topological polar surface area (TPSA) is 86.6 Å². The van der Waals surface area contributed by atoms with Crippen LogP contribution in [-0.2, 0) is 19.8 Å². The Bertz CT molecular complexity index is 443. The number of aryl methyl sites for hydroxylation is 1. The van der Waals surface area contributed by atoms with E-state index in [4.69, 9.17) is 13.3 Å². The Morgan fingerprint density at radius 1 is 1.23 bits per heavy atom. The molecule has 22 heavy (non-hydrogen) atoms. The van der Waals surface area contributed by atoms with Crippen LogP contribution >= 0.6 is 0 Å². The van der Waals surface area contributed by atoms with Gasteiger partial charge in [0.1, 0.15) is 5.82 Å². The predicted molar refractivity (Wildman–Crippen MR) is 84.6 cm³/mol. The third-order valence-corrected chi connectivity index (χ3v) is 6.27. The van der Waals surface area contributed by atoms with Gasteiger partial charge in [-0.25, -0.2) is 9.78 Å². The fourth-order valence-electron chi connectivity index (χ4n) is 2.06. The summed E-state index contributed by atoms with van der Waals surface area (Å²) in [6, 6.07) is 0.475. The lowest BCUT2D eigenvalue weighted by Crippen LogP contribution is -2.44. The van der Waals surface area contributed by atoms with Gasteiger partial charge in [-0.05, 0) is 13.3 Å². The molecule has 2 N–H and O–H groups in total. The van der Waals surface area contributed by atoms with E-state index in [9.17, 15) is 4.79 Å². The lowest BCUT2D eigenvalue weighted by Gasteiger charge is -2.24. The van der Waals surface area contributed by atoms with E-state index < -0.39 is 8.80 Å². The lowest BCUT2D eigenvalue weighted by atomic mass is 10.5. The summed E-state index contributed by atoms with van der Waals surface area (Å²) in [5, 5.41) is 5.61. The number of hydrogen-bond donors (Lipinski definition) is 2. The van der Waals surface area contributed by atoms with E-state index >= 15 is 0 Å². The van der Waals surface area contributed by atoms with Crippen LogP contribution in [0, 0.1) is 6.92 Å². The van der Waals surface area contributed by atoms with Crippen molar-refractivity contribution in [2.45, 2.75) is 25.9 Å². The summed E-state index contributed by atoms with van der Waals surface area (Å²) in [5.74, 6) is 0.933. The molecule has 0 saturated heterocycles. The molecule has 0 bridgehead atoms. The minimum Gasteiger partial charge on any atom is -0.377 e. The van der Waals surface area contributed by atoms with Crippen LogP contribution in [0.2, 0.25) is 6.04 Å². The number of urea groups is 1. The third-order valence-electron chi connectivity index (χ3n) is 3.44. The van der Waals surface area contributed by atoms with Crippen molar-refractivity contribution in [3.05, 3.63) is 18.2 Å². The van der Waals surface area contributed by atoms with Crippen molar-refractivity contribution in [3.8, 4) is 0 Å². The Hall–Kier alpha value is -1.42. The first-order valence-electron chi connectivity index (χ1n) is 7.22. The van der Waals surface area contributed by atoms with Crippen molar-refractivity contribution < 1.29 is 18.1 Å². The number of amides is 2. The summed E-state index contributed by atoms with van der Waals surface area (Å²) in [5.41, 5.74) is 0. The molecule has 0 aliphatic heterocycles. The van der Waals surface area contributed by atoms with Crippen LogP contribution < -0.4 is 10.6 Å². The Kier molecular flexibility index (Phi) is 8.10. The Labute approximate surface area is 132 Å². The van der Waals surface area contributed by atoms with E-state index in [2.05, 4.69) is 15.6 Å². The van der Waals surface area contributed by atoms with Crippen molar-refractivity contribution in [2.24, 2.45) is 0 Å². The first-order chi connectivity index (χ1) is 10.6. The van der Waals surface area contributed by atoms with Gasteiger partial charge in [0.25, 0.3) is 0 Å². The maximum absolute atomic E-state index is 11.7. The van der Waals surface area contributed by atoms with Crippen molar-refractivity contribution in [1.29, 1.82) is 0 Å². The molecule has 0 unspecified atom stereocenters. The van der Waals surface area contributed by atoms with Gasteiger partial charge < -0.3 is 28.5 Å². The summed E-state index contributed by atoms with van der Waals surface area (Å²) >= 11 is 0. The number of rotatable bonds is 10. The van der Waals surface area contributed by atoms with Crippen LogP contribution in [0.15, 0.2) is 12.4 Å². The van der Waals surface area contributed by atoms with Gasteiger partial charge in [0, 0.05) is 59.4 Å². The molecule has 0 aliphatic carbocycles. The van der Waals surface area contributed by atoms with Gasteiger partial charge in [0.05, 0.1) is 0 Å². The summed E-state index contributed by atoms with van der Waals surface area (Å²) in [4.78, 5) is 15.8. The lowest BCUT2D eigenvalue weighted by molar-refractivity contribution is 0.123. The zero-order chi connectivity index (χ0) is 16.4. The molecule has 1 aromatic heterocycles. The molecule has 8 nitrogen and oxygen atoms in total. The van der Waals surface area contributed by atoms with Crippen LogP contribution in [0.25, 0.3) is 0 Å². The van der Waals surface area contributed by atoms with Crippen LogP contribution in [0.4, 0.5) is 4.79 Å². The van der Waals surface area contributed by atoms with Crippen LogP contribution in [0.1, 0.15) is 12.2 Å². The average Bonchev–Trinajstić information content (AvgIpc) is 2.94. The molecule has 2 amide bonds. The number of imidazole rings is 1. The highest BCUT2D eigenvalue weighted by Crippen LogP contribution is 2.14. The molecule has 0 fully saturated rings. The molecule has 0 radical (unpaired) electrons. The van der Waals surface area contributed by atoms with Crippen molar-refractivity contribution >= 4 is 14.8 Å². The molecule has 0 aromatic carbocycles. The minimum atomic E-state index is -2.54. The smallest absolute Gasteiger partial charge is 0.377 e. The normalized spacial score (nSPS) is 11.5. The van der Waals surface area contributed by atoms with Gasteiger partial charge in [-0.3, -0.25) is 0 Å². The molecular formula is C13H26N4O4Si. The summed E-state index contributed by atoms with van der Waals surface area (Å²) < 4.78 is 17.9. The maximum atomic E-state index is 11.7. The van der Waals surface area contributed by atoms with Gasteiger partial charge in [0.15, 0.2) is 0 Å². The van der Waals surface area contributed by atoms with E-state index in [1.165, 1.54) is 0 Å². The second kappa shape index (κ2) is 9.56. The molecule has 0 atom stereocenters. The first kappa shape index (κ1) is 18.6. The number of aromatic nitrogens is 2. The zero-order valence-electron chi connectivity index (χ0n) is 13.7. The number of carbonyl (C=O) groups excluding carboxylic acids is 1.